The number of nitrogens with one attached hydrogen (secondary N) is 2. The highest BCUT2D eigenvalue weighted by Crippen LogP contribution is 2.16. The number of aryl methyl sites for hydroxylation is 1. The summed E-state index contributed by atoms with van der Waals surface area (Å²) >= 11 is 0. The summed E-state index contributed by atoms with van der Waals surface area (Å²) in [5.41, 5.74) is 2.34. The van der Waals surface area contributed by atoms with E-state index in [9.17, 15) is 4.39 Å². The predicted octanol–water partition coefficient (Wildman–Crippen LogP) is 3.58. The smallest absolute Gasteiger partial charge is 0.213 e. The van der Waals surface area contributed by atoms with Gasteiger partial charge >= 0.3 is 0 Å². The van der Waals surface area contributed by atoms with E-state index >= 15 is 0 Å². The Morgan fingerprint density at radius 2 is 2.08 bits per heavy atom. The Balaban J connectivity index is 0.00000312. The molecule has 0 aliphatic rings. The number of hydrogen-bond donors (Lipinski definition) is 2. The van der Waals surface area contributed by atoms with Crippen LogP contribution >= 0.6 is 24.0 Å². The van der Waals surface area contributed by atoms with Crippen molar-refractivity contribution in [3.63, 3.8) is 0 Å². The van der Waals surface area contributed by atoms with Gasteiger partial charge in [0, 0.05) is 13.1 Å². The summed E-state index contributed by atoms with van der Waals surface area (Å²) in [7, 11) is 3.28. The molecule has 136 valence electrons. The van der Waals surface area contributed by atoms with Crippen molar-refractivity contribution in [2.24, 2.45) is 4.99 Å². The summed E-state index contributed by atoms with van der Waals surface area (Å²) in [5, 5.41) is 6.43. The molecule has 0 aliphatic heterocycles. The first-order valence-corrected chi connectivity index (χ1v) is 7.76. The molecule has 0 saturated heterocycles. The van der Waals surface area contributed by atoms with E-state index in [1.807, 2.05) is 25.1 Å². The zero-order chi connectivity index (χ0) is 17.5. The summed E-state index contributed by atoms with van der Waals surface area (Å²) in [5.74, 6) is 0.985. The molecule has 2 aromatic rings. The van der Waals surface area contributed by atoms with Crippen LogP contribution in [-0.2, 0) is 6.54 Å². The number of ether oxygens (including phenoxy) is 1. The largest absolute Gasteiger partial charge is 0.481 e. The van der Waals surface area contributed by atoms with Crippen LogP contribution in [0.25, 0.3) is 0 Å². The minimum atomic E-state index is -0.204. The number of aromatic nitrogens is 1. The molecule has 25 heavy (non-hydrogen) atoms. The molecule has 5 nitrogen and oxygen atoms in total. The fourth-order valence-corrected chi connectivity index (χ4v) is 2.21. The quantitative estimate of drug-likeness (QED) is 0.409. The first kappa shape index (κ1) is 21.1. The molecule has 0 spiro atoms. The third-order valence-corrected chi connectivity index (χ3v) is 3.70. The van der Waals surface area contributed by atoms with Crippen molar-refractivity contribution in [3.8, 4) is 5.88 Å². The molecule has 0 aliphatic carbocycles. The zero-order valence-electron chi connectivity index (χ0n) is 14.8. The molecule has 0 saturated carbocycles. The molecule has 0 amide bonds. The van der Waals surface area contributed by atoms with Gasteiger partial charge in [0.15, 0.2) is 5.96 Å². The van der Waals surface area contributed by atoms with Crippen molar-refractivity contribution < 1.29 is 9.13 Å². The van der Waals surface area contributed by atoms with Crippen LogP contribution in [-0.4, -0.2) is 25.1 Å². The van der Waals surface area contributed by atoms with Gasteiger partial charge in [0.25, 0.3) is 0 Å². The Morgan fingerprint density at radius 1 is 1.32 bits per heavy atom. The Labute approximate surface area is 165 Å². The van der Waals surface area contributed by atoms with Crippen LogP contribution in [0.2, 0.25) is 0 Å². The van der Waals surface area contributed by atoms with Crippen LogP contribution in [0.3, 0.4) is 0 Å². The van der Waals surface area contributed by atoms with Crippen molar-refractivity contribution in [2.75, 3.05) is 14.2 Å². The minimum absolute atomic E-state index is 0. The van der Waals surface area contributed by atoms with Gasteiger partial charge < -0.3 is 15.4 Å². The lowest BCUT2D eigenvalue weighted by Gasteiger charge is -2.18. The second-order valence-corrected chi connectivity index (χ2v) is 5.47. The summed E-state index contributed by atoms with van der Waals surface area (Å²) in [6.45, 7) is 4.21. The molecule has 1 unspecified atom stereocenters. The van der Waals surface area contributed by atoms with Gasteiger partial charge in [-0.25, -0.2) is 9.37 Å². The number of guanidine groups is 1. The van der Waals surface area contributed by atoms with Crippen LogP contribution in [0.4, 0.5) is 4.39 Å². The Bertz CT molecular complexity index is 724. The SMILES string of the molecule is CN=C(NCc1cccc(OC)n1)NC(C)c1ccc(C)c(F)c1.I. The van der Waals surface area contributed by atoms with Gasteiger partial charge in [0.05, 0.1) is 25.4 Å². The Morgan fingerprint density at radius 3 is 2.72 bits per heavy atom. The monoisotopic (exact) mass is 458 g/mol. The highest BCUT2D eigenvalue weighted by atomic mass is 127. The predicted molar refractivity (Wildman–Crippen MR) is 109 cm³/mol. The summed E-state index contributed by atoms with van der Waals surface area (Å²) in [6.07, 6.45) is 0. The molecule has 1 atom stereocenters. The molecule has 1 heterocycles. The van der Waals surface area contributed by atoms with E-state index in [4.69, 9.17) is 4.74 Å². The van der Waals surface area contributed by atoms with Crippen LogP contribution in [0.5, 0.6) is 5.88 Å². The van der Waals surface area contributed by atoms with Crippen LogP contribution in [0.15, 0.2) is 41.4 Å². The molecule has 7 heteroatoms. The number of halogens is 2. The van der Waals surface area contributed by atoms with Crippen molar-refractivity contribution in [3.05, 3.63) is 59.0 Å². The minimum Gasteiger partial charge on any atom is -0.481 e. The van der Waals surface area contributed by atoms with Crippen LogP contribution in [0, 0.1) is 12.7 Å². The molecule has 0 fully saturated rings. The molecular weight excluding hydrogens is 434 g/mol. The fraction of sp³-hybridized carbons (Fsp3) is 0.333. The maximum absolute atomic E-state index is 13.7. The van der Waals surface area contributed by atoms with E-state index in [0.29, 0.717) is 23.9 Å². The van der Waals surface area contributed by atoms with Crippen molar-refractivity contribution in [2.45, 2.75) is 26.4 Å². The topological polar surface area (TPSA) is 58.5 Å². The van der Waals surface area contributed by atoms with E-state index in [-0.39, 0.29) is 35.8 Å². The number of benzene rings is 1. The normalized spacial score (nSPS) is 12.1. The zero-order valence-corrected chi connectivity index (χ0v) is 17.2. The molecular formula is C18H24FIN4O. The maximum Gasteiger partial charge on any atom is 0.213 e. The standard InChI is InChI=1S/C18H23FN4O.HI/c1-12-8-9-14(10-16(12)19)13(2)22-18(20-3)21-11-15-6-5-7-17(23-15)24-4;/h5-10,13H,11H2,1-4H3,(H2,20,21,22);1H. The molecule has 1 aromatic heterocycles. The van der Waals surface area contributed by atoms with Gasteiger partial charge in [-0.2, -0.15) is 0 Å². The average molecular weight is 458 g/mol. The van der Waals surface area contributed by atoms with Crippen molar-refractivity contribution in [1.29, 1.82) is 0 Å². The first-order valence-electron chi connectivity index (χ1n) is 7.76. The van der Waals surface area contributed by atoms with E-state index in [0.717, 1.165) is 11.3 Å². The molecule has 2 rings (SSSR count). The molecule has 0 radical (unpaired) electrons. The van der Waals surface area contributed by atoms with Gasteiger partial charge in [0.1, 0.15) is 5.82 Å². The van der Waals surface area contributed by atoms with E-state index in [1.165, 1.54) is 0 Å². The molecule has 2 N–H and O–H groups in total. The second-order valence-electron chi connectivity index (χ2n) is 5.47. The third kappa shape index (κ3) is 6.15. The Kier molecular flexibility index (Phi) is 8.60. The highest BCUT2D eigenvalue weighted by Gasteiger charge is 2.10. The van der Waals surface area contributed by atoms with Crippen LogP contribution in [0.1, 0.15) is 29.8 Å². The lowest BCUT2D eigenvalue weighted by molar-refractivity contribution is 0.396. The lowest BCUT2D eigenvalue weighted by atomic mass is 10.1. The maximum atomic E-state index is 13.7. The van der Waals surface area contributed by atoms with E-state index in [1.54, 1.807) is 39.3 Å². The fourth-order valence-electron chi connectivity index (χ4n) is 2.21. The summed E-state index contributed by atoms with van der Waals surface area (Å²) in [6, 6.07) is 10.7. The Hall–Kier alpha value is -1.90. The third-order valence-electron chi connectivity index (χ3n) is 3.70. The summed E-state index contributed by atoms with van der Waals surface area (Å²) in [4.78, 5) is 8.53. The number of methoxy groups -OCH3 is 1. The van der Waals surface area contributed by atoms with Gasteiger partial charge in [-0.05, 0) is 37.1 Å². The van der Waals surface area contributed by atoms with Gasteiger partial charge in [-0.1, -0.05) is 18.2 Å². The number of rotatable bonds is 5. The first-order chi connectivity index (χ1) is 11.5. The van der Waals surface area contributed by atoms with Crippen molar-refractivity contribution >= 4 is 29.9 Å². The number of aliphatic imine (C=N–C) groups is 1. The second kappa shape index (κ2) is 10.2. The molecule has 0 bridgehead atoms. The molecule has 1 aromatic carbocycles. The van der Waals surface area contributed by atoms with E-state index in [2.05, 4.69) is 20.6 Å². The van der Waals surface area contributed by atoms with Gasteiger partial charge in [0.2, 0.25) is 5.88 Å². The van der Waals surface area contributed by atoms with Gasteiger partial charge in [-0.3, -0.25) is 4.99 Å². The lowest BCUT2D eigenvalue weighted by Crippen LogP contribution is -2.38. The number of hydrogen-bond acceptors (Lipinski definition) is 3. The average Bonchev–Trinajstić information content (AvgIpc) is 2.60. The van der Waals surface area contributed by atoms with Crippen LogP contribution < -0.4 is 15.4 Å². The number of nitrogens with zero attached hydrogens (tertiary/aromatic N) is 2. The van der Waals surface area contributed by atoms with Crippen molar-refractivity contribution in [1.82, 2.24) is 15.6 Å². The summed E-state index contributed by atoms with van der Waals surface area (Å²) < 4.78 is 18.8. The van der Waals surface area contributed by atoms with Gasteiger partial charge in [-0.15, -0.1) is 24.0 Å². The highest BCUT2D eigenvalue weighted by molar-refractivity contribution is 14.0. The number of pyridine rings is 1. The van der Waals surface area contributed by atoms with E-state index < -0.39 is 0 Å².